The van der Waals surface area contributed by atoms with Crippen molar-refractivity contribution >= 4 is 15.5 Å². The van der Waals surface area contributed by atoms with Crippen molar-refractivity contribution in [2.75, 3.05) is 17.7 Å². The van der Waals surface area contributed by atoms with Gasteiger partial charge in [-0.15, -0.1) is 0 Å². The number of aryl methyl sites for hydroxylation is 1. The van der Waals surface area contributed by atoms with Crippen molar-refractivity contribution in [1.29, 1.82) is 0 Å². The lowest BCUT2D eigenvalue weighted by Gasteiger charge is -2.08. The lowest BCUT2D eigenvalue weighted by atomic mass is 10.2. The van der Waals surface area contributed by atoms with Crippen LogP contribution in [0.4, 0.5) is 5.69 Å². The number of aromatic nitrogens is 3. The van der Waals surface area contributed by atoms with E-state index in [9.17, 15) is 8.42 Å². The monoisotopic (exact) mass is 266 g/mol. The third-order valence-electron chi connectivity index (χ3n) is 2.55. The smallest absolute Gasteiger partial charge is 0.149 e. The Bertz CT molecular complexity index is 649. The zero-order chi connectivity index (χ0) is 13.2. The fraction of sp³-hybridized carbons (Fsp3) is 0.273. The summed E-state index contributed by atoms with van der Waals surface area (Å²) in [5.74, 6) is 0.0660. The molecule has 0 fully saturated rings. The molecule has 0 saturated carbocycles. The van der Waals surface area contributed by atoms with Crippen LogP contribution in [-0.4, -0.2) is 35.0 Å². The highest BCUT2D eigenvalue weighted by molar-refractivity contribution is 7.90. The molecule has 0 aliphatic rings. The van der Waals surface area contributed by atoms with Crippen molar-refractivity contribution in [2.24, 2.45) is 0 Å². The lowest BCUT2D eigenvalue weighted by Crippen LogP contribution is -2.11. The lowest BCUT2D eigenvalue weighted by molar-refractivity contribution is 0.595. The maximum Gasteiger partial charge on any atom is 0.149 e. The van der Waals surface area contributed by atoms with E-state index in [0.717, 1.165) is 11.3 Å². The molecule has 18 heavy (non-hydrogen) atoms. The molecule has 2 aromatic rings. The highest BCUT2D eigenvalue weighted by Gasteiger charge is 2.10. The van der Waals surface area contributed by atoms with Gasteiger partial charge in [-0.25, -0.2) is 13.4 Å². The van der Waals surface area contributed by atoms with Crippen LogP contribution in [0.5, 0.6) is 0 Å². The molecule has 0 atom stereocenters. The van der Waals surface area contributed by atoms with Crippen LogP contribution >= 0.6 is 0 Å². The second-order valence-corrected chi connectivity index (χ2v) is 6.32. The molecule has 0 spiro atoms. The highest BCUT2D eigenvalue weighted by Crippen LogP contribution is 2.23. The Hall–Kier alpha value is -1.89. The van der Waals surface area contributed by atoms with Crippen LogP contribution in [0.2, 0.25) is 0 Å². The molecule has 2 rings (SSSR count). The number of imidazole rings is 1. The van der Waals surface area contributed by atoms with Crippen LogP contribution in [0.3, 0.4) is 0 Å². The van der Waals surface area contributed by atoms with E-state index in [-0.39, 0.29) is 5.75 Å². The first-order chi connectivity index (χ1) is 8.47. The predicted octanol–water partition coefficient (Wildman–Crippen LogP) is 0.572. The summed E-state index contributed by atoms with van der Waals surface area (Å²) < 4.78 is 24.1. The number of hydrogen-bond donors (Lipinski definition) is 1. The third-order valence-corrected chi connectivity index (χ3v) is 3.47. The number of sulfone groups is 1. The molecule has 0 unspecified atom stereocenters. The predicted molar refractivity (Wildman–Crippen MR) is 69.6 cm³/mol. The van der Waals surface area contributed by atoms with Gasteiger partial charge < -0.3 is 10.3 Å². The number of hydrogen-bond acceptors (Lipinski definition) is 5. The van der Waals surface area contributed by atoms with Crippen LogP contribution in [0.15, 0.2) is 31.0 Å². The molecule has 2 N–H and O–H groups in total. The number of nitrogen functional groups attached to an aromatic ring is 1. The summed E-state index contributed by atoms with van der Waals surface area (Å²) in [6, 6.07) is 1.70. The standard InChI is InChI=1S/C11H14N4O2S/c1-18(16,17)5-4-15-8-14-7-11(15)9-6-13-3-2-10(9)12/h2-3,6-8H,4-5H2,1H3,(H2,12,13). The van der Waals surface area contributed by atoms with E-state index < -0.39 is 9.84 Å². The van der Waals surface area contributed by atoms with E-state index in [1.807, 2.05) is 0 Å². The van der Waals surface area contributed by atoms with Crippen LogP contribution in [0.1, 0.15) is 0 Å². The van der Waals surface area contributed by atoms with Crippen LogP contribution in [0.25, 0.3) is 11.3 Å². The van der Waals surface area contributed by atoms with Gasteiger partial charge in [0.05, 0.1) is 24.0 Å². The SMILES string of the molecule is CS(=O)(=O)CCn1cncc1-c1cnccc1N. The Balaban J connectivity index is 2.31. The molecule has 0 aliphatic carbocycles. The Morgan fingerprint density at radius 1 is 1.33 bits per heavy atom. The molecule has 0 amide bonds. The molecule has 2 aromatic heterocycles. The van der Waals surface area contributed by atoms with Crippen molar-refractivity contribution in [3.05, 3.63) is 31.0 Å². The minimum Gasteiger partial charge on any atom is -0.398 e. The summed E-state index contributed by atoms with van der Waals surface area (Å²) in [5.41, 5.74) is 7.97. The topological polar surface area (TPSA) is 90.9 Å². The number of pyridine rings is 1. The van der Waals surface area contributed by atoms with Gasteiger partial charge >= 0.3 is 0 Å². The van der Waals surface area contributed by atoms with Crippen molar-refractivity contribution in [3.63, 3.8) is 0 Å². The van der Waals surface area contributed by atoms with Crippen LogP contribution < -0.4 is 5.73 Å². The van der Waals surface area contributed by atoms with E-state index in [4.69, 9.17) is 5.73 Å². The average Bonchev–Trinajstić information content (AvgIpc) is 2.74. The Morgan fingerprint density at radius 2 is 2.11 bits per heavy atom. The number of anilines is 1. The van der Waals surface area contributed by atoms with E-state index in [2.05, 4.69) is 9.97 Å². The van der Waals surface area contributed by atoms with Gasteiger partial charge in [-0.05, 0) is 6.07 Å². The largest absolute Gasteiger partial charge is 0.398 e. The molecule has 2 heterocycles. The molecular weight excluding hydrogens is 252 g/mol. The van der Waals surface area contributed by atoms with Crippen LogP contribution in [-0.2, 0) is 16.4 Å². The van der Waals surface area contributed by atoms with E-state index in [1.165, 1.54) is 6.26 Å². The first kappa shape index (κ1) is 12.6. The van der Waals surface area contributed by atoms with Gasteiger partial charge in [0.15, 0.2) is 0 Å². The van der Waals surface area contributed by atoms with E-state index in [0.29, 0.717) is 12.2 Å². The third kappa shape index (κ3) is 2.86. The van der Waals surface area contributed by atoms with Crippen molar-refractivity contribution in [3.8, 4) is 11.3 Å². The van der Waals surface area contributed by atoms with Gasteiger partial charge in [0.1, 0.15) is 9.84 Å². The molecule has 7 heteroatoms. The Morgan fingerprint density at radius 3 is 2.78 bits per heavy atom. The second-order valence-electron chi connectivity index (χ2n) is 4.07. The normalized spacial score (nSPS) is 11.6. The van der Waals surface area contributed by atoms with Crippen LogP contribution in [0, 0.1) is 0 Å². The minimum absolute atomic E-state index is 0.0660. The molecular formula is C11H14N4O2S. The van der Waals surface area contributed by atoms with Gasteiger partial charge in [0.25, 0.3) is 0 Å². The summed E-state index contributed by atoms with van der Waals surface area (Å²) >= 11 is 0. The maximum absolute atomic E-state index is 11.2. The van der Waals surface area contributed by atoms with Gasteiger partial charge in [-0.3, -0.25) is 4.98 Å². The fourth-order valence-electron chi connectivity index (χ4n) is 1.61. The molecule has 0 aromatic carbocycles. The fourth-order valence-corrected chi connectivity index (χ4v) is 2.13. The molecule has 0 bridgehead atoms. The minimum atomic E-state index is -3.00. The summed E-state index contributed by atoms with van der Waals surface area (Å²) in [7, 11) is -3.00. The molecule has 0 aliphatic heterocycles. The zero-order valence-corrected chi connectivity index (χ0v) is 10.8. The maximum atomic E-state index is 11.2. The van der Waals surface area contributed by atoms with E-state index >= 15 is 0 Å². The number of rotatable bonds is 4. The second kappa shape index (κ2) is 4.77. The number of nitrogens with two attached hydrogens (primary N) is 1. The van der Waals surface area contributed by atoms with Crippen molar-refractivity contribution < 1.29 is 8.42 Å². The zero-order valence-electron chi connectivity index (χ0n) is 9.94. The molecule has 96 valence electrons. The van der Waals surface area contributed by atoms with E-state index in [1.54, 1.807) is 35.6 Å². The Kier molecular flexibility index (Phi) is 3.33. The highest BCUT2D eigenvalue weighted by atomic mass is 32.2. The molecule has 6 nitrogen and oxygen atoms in total. The van der Waals surface area contributed by atoms with Crippen molar-refractivity contribution in [2.45, 2.75) is 6.54 Å². The van der Waals surface area contributed by atoms with Gasteiger partial charge in [0, 0.05) is 36.4 Å². The summed E-state index contributed by atoms with van der Waals surface area (Å²) in [4.78, 5) is 8.04. The van der Waals surface area contributed by atoms with Crippen molar-refractivity contribution in [1.82, 2.24) is 14.5 Å². The molecule has 0 saturated heterocycles. The first-order valence-corrected chi connectivity index (χ1v) is 7.41. The molecule has 0 radical (unpaired) electrons. The quantitative estimate of drug-likeness (QED) is 0.873. The van der Waals surface area contributed by atoms with Gasteiger partial charge in [-0.2, -0.15) is 0 Å². The number of nitrogens with zero attached hydrogens (tertiary/aromatic N) is 3. The average molecular weight is 266 g/mol. The summed E-state index contributed by atoms with van der Waals surface area (Å²) in [5, 5.41) is 0. The Labute approximate surface area is 105 Å². The summed E-state index contributed by atoms with van der Waals surface area (Å²) in [6.45, 7) is 0.350. The van der Waals surface area contributed by atoms with Gasteiger partial charge in [0.2, 0.25) is 0 Å². The summed E-state index contributed by atoms with van der Waals surface area (Å²) in [6.07, 6.45) is 7.70. The van der Waals surface area contributed by atoms with Gasteiger partial charge in [-0.1, -0.05) is 0 Å². The first-order valence-electron chi connectivity index (χ1n) is 5.35.